The molecule has 0 spiro atoms. The molecule has 2 heterocycles. The second-order valence-electron chi connectivity index (χ2n) is 10.3. The second-order valence-corrected chi connectivity index (χ2v) is 10.3. The number of nitrogens with zero attached hydrogens (tertiary/aromatic N) is 3. The quantitative estimate of drug-likeness (QED) is 0.364. The first-order chi connectivity index (χ1) is 17.7. The fraction of sp³-hybridized carbons (Fsp3) is 0.500. The summed E-state index contributed by atoms with van der Waals surface area (Å²) in [5.74, 6) is 1.98. The Morgan fingerprint density at radius 3 is 2.24 bits per heavy atom. The Bertz CT molecular complexity index is 1230. The van der Waals surface area contributed by atoms with Crippen LogP contribution < -0.4 is 19.1 Å². The third kappa shape index (κ3) is 5.46. The third-order valence-corrected chi connectivity index (χ3v) is 6.48. The van der Waals surface area contributed by atoms with Crippen LogP contribution in [0.25, 0.3) is 16.8 Å². The first-order valence-electron chi connectivity index (χ1n) is 12.5. The summed E-state index contributed by atoms with van der Waals surface area (Å²) < 4.78 is 30.1. The van der Waals surface area contributed by atoms with E-state index in [9.17, 15) is 4.79 Å². The molecule has 37 heavy (non-hydrogen) atoms. The number of hydrogen-bond donors (Lipinski definition) is 0. The van der Waals surface area contributed by atoms with Crippen LogP contribution in [-0.4, -0.2) is 56.3 Å². The van der Waals surface area contributed by atoms with Gasteiger partial charge in [0, 0.05) is 13.7 Å². The van der Waals surface area contributed by atoms with Gasteiger partial charge in [-0.15, -0.1) is 5.10 Å². The van der Waals surface area contributed by atoms with E-state index in [1.54, 1.807) is 37.9 Å². The van der Waals surface area contributed by atoms with Gasteiger partial charge in [0.2, 0.25) is 0 Å². The lowest BCUT2D eigenvalue weighted by atomic mass is 9.85. The van der Waals surface area contributed by atoms with Crippen molar-refractivity contribution in [1.29, 1.82) is 0 Å². The normalized spacial score (nSPS) is 13.8. The molecular weight excluding hydrogens is 474 g/mol. The predicted octanol–water partition coefficient (Wildman–Crippen LogP) is 5.72. The number of carbonyl (C=O) groups excluding carboxylic acids is 1. The summed E-state index contributed by atoms with van der Waals surface area (Å²) in [7, 11) is 6.44. The molecular formula is C28H37N3O6. The largest absolute Gasteiger partial charge is 0.496 e. The summed E-state index contributed by atoms with van der Waals surface area (Å²) >= 11 is 0. The monoisotopic (exact) mass is 511 g/mol. The number of pyridine rings is 1. The zero-order chi connectivity index (χ0) is 26.7. The summed E-state index contributed by atoms with van der Waals surface area (Å²) in [5.41, 5.74) is 3.04. The van der Waals surface area contributed by atoms with Crippen LogP contribution in [-0.2, 0) is 16.1 Å². The van der Waals surface area contributed by atoms with E-state index in [0.29, 0.717) is 47.7 Å². The van der Waals surface area contributed by atoms with Gasteiger partial charge in [-0.1, -0.05) is 12.5 Å². The fourth-order valence-electron chi connectivity index (χ4n) is 4.59. The van der Waals surface area contributed by atoms with Gasteiger partial charge in [0.25, 0.3) is 5.88 Å². The van der Waals surface area contributed by atoms with Crippen LogP contribution >= 0.6 is 0 Å². The molecule has 1 aromatic carbocycles. The molecule has 0 bridgehead atoms. The Morgan fingerprint density at radius 2 is 1.73 bits per heavy atom. The van der Waals surface area contributed by atoms with Crippen LogP contribution in [0.15, 0.2) is 30.3 Å². The molecule has 1 aliphatic rings. The smallest absolute Gasteiger partial charge is 0.415 e. The lowest BCUT2D eigenvalue weighted by Gasteiger charge is -2.33. The van der Waals surface area contributed by atoms with Crippen molar-refractivity contribution >= 4 is 17.3 Å². The number of hydrogen-bond acceptors (Lipinski definition) is 7. The minimum Gasteiger partial charge on any atom is -0.496 e. The van der Waals surface area contributed by atoms with Crippen molar-refractivity contribution in [3.8, 4) is 28.6 Å². The van der Waals surface area contributed by atoms with Crippen molar-refractivity contribution in [1.82, 2.24) is 9.61 Å². The van der Waals surface area contributed by atoms with Gasteiger partial charge in [0.15, 0.2) is 0 Å². The molecule has 1 fully saturated rings. The topological polar surface area (TPSA) is 83.8 Å². The standard InChI is InChI=1S/C28H37N3O6/c1-28(2,3)37-27(32)30(16-18-10-8-11-18)25-21-13-9-12-20(31(21)29-26(25)36-7)24-22(34-5)14-19(17-33-4)15-23(24)35-6/h9,12-15,18H,8,10-11,16-17H2,1-7H3. The van der Waals surface area contributed by atoms with Crippen LogP contribution in [0.5, 0.6) is 17.4 Å². The Balaban J connectivity index is 1.91. The van der Waals surface area contributed by atoms with Crippen molar-refractivity contribution in [2.45, 2.75) is 52.2 Å². The van der Waals surface area contributed by atoms with Gasteiger partial charge in [-0.2, -0.15) is 0 Å². The van der Waals surface area contributed by atoms with Gasteiger partial charge >= 0.3 is 6.09 Å². The molecule has 1 aliphatic carbocycles. The van der Waals surface area contributed by atoms with Gasteiger partial charge < -0.3 is 23.7 Å². The van der Waals surface area contributed by atoms with E-state index >= 15 is 0 Å². The maximum Gasteiger partial charge on any atom is 0.415 e. The van der Waals surface area contributed by atoms with Gasteiger partial charge in [0.05, 0.1) is 44.7 Å². The summed E-state index contributed by atoms with van der Waals surface area (Å²) in [5, 5.41) is 4.78. The van der Waals surface area contributed by atoms with Crippen molar-refractivity contribution in [3.05, 3.63) is 35.9 Å². The third-order valence-electron chi connectivity index (χ3n) is 6.48. The highest BCUT2D eigenvalue weighted by atomic mass is 16.6. The Morgan fingerprint density at radius 1 is 1.05 bits per heavy atom. The van der Waals surface area contributed by atoms with E-state index in [1.807, 2.05) is 51.1 Å². The van der Waals surface area contributed by atoms with Crippen molar-refractivity contribution in [3.63, 3.8) is 0 Å². The van der Waals surface area contributed by atoms with Gasteiger partial charge in [-0.25, -0.2) is 9.31 Å². The summed E-state index contributed by atoms with van der Waals surface area (Å²) in [6, 6.07) is 9.62. The first kappa shape index (κ1) is 26.6. The number of amides is 1. The summed E-state index contributed by atoms with van der Waals surface area (Å²) in [4.78, 5) is 15.1. The molecule has 9 heteroatoms. The van der Waals surface area contributed by atoms with E-state index < -0.39 is 11.7 Å². The van der Waals surface area contributed by atoms with Gasteiger partial charge in [-0.3, -0.25) is 4.90 Å². The molecule has 0 atom stereocenters. The molecule has 0 aliphatic heterocycles. The van der Waals surface area contributed by atoms with E-state index in [0.717, 1.165) is 29.7 Å². The molecule has 1 amide bonds. The van der Waals surface area contributed by atoms with E-state index in [1.165, 1.54) is 6.42 Å². The summed E-state index contributed by atoms with van der Waals surface area (Å²) in [6.45, 7) is 6.55. The van der Waals surface area contributed by atoms with Crippen LogP contribution in [0.3, 0.4) is 0 Å². The van der Waals surface area contributed by atoms with Gasteiger partial charge in [0.1, 0.15) is 22.8 Å². The van der Waals surface area contributed by atoms with Crippen LogP contribution in [0, 0.1) is 5.92 Å². The number of fused-ring (bicyclic) bond motifs is 1. The van der Waals surface area contributed by atoms with Crippen LogP contribution in [0.2, 0.25) is 0 Å². The number of aromatic nitrogens is 2. The maximum absolute atomic E-state index is 13.5. The fourth-order valence-corrected chi connectivity index (χ4v) is 4.59. The second kappa shape index (κ2) is 10.9. The lowest BCUT2D eigenvalue weighted by Crippen LogP contribution is -2.41. The highest BCUT2D eigenvalue weighted by molar-refractivity contribution is 5.96. The molecule has 4 rings (SSSR count). The maximum atomic E-state index is 13.5. The Hall–Kier alpha value is -3.46. The lowest BCUT2D eigenvalue weighted by molar-refractivity contribution is 0.0568. The highest BCUT2D eigenvalue weighted by Crippen LogP contribution is 2.43. The average Bonchev–Trinajstić information content (AvgIpc) is 3.20. The first-order valence-corrected chi connectivity index (χ1v) is 12.5. The molecule has 0 unspecified atom stereocenters. The minimum atomic E-state index is -0.638. The van der Waals surface area contributed by atoms with Crippen molar-refractivity contribution in [2.24, 2.45) is 5.92 Å². The zero-order valence-corrected chi connectivity index (χ0v) is 22.8. The van der Waals surface area contributed by atoms with Gasteiger partial charge in [-0.05, 0) is 69.4 Å². The number of carbonyl (C=O) groups is 1. The van der Waals surface area contributed by atoms with Crippen LogP contribution in [0.4, 0.5) is 10.5 Å². The predicted molar refractivity (Wildman–Crippen MR) is 142 cm³/mol. The number of benzene rings is 1. The summed E-state index contributed by atoms with van der Waals surface area (Å²) in [6.07, 6.45) is 2.90. The number of ether oxygens (including phenoxy) is 5. The van der Waals surface area contributed by atoms with E-state index in [4.69, 9.17) is 28.8 Å². The SMILES string of the molecule is COCc1cc(OC)c(-c2cccc3c(N(CC4CCC4)C(=O)OC(C)(C)C)c(OC)nn23)c(OC)c1. The molecule has 9 nitrogen and oxygen atoms in total. The molecule has 200 valence electrons. The molecule has 0 radical (unpaired) electrons. The van der Waals surface area contributed by atoms with E-state index in [2.05, 4.69) is 0 Å². The molecule has 0 N–H and O–H groups in total. The average molecular weight is 512 g/mol. The number of rotatable bonds is 9. The Labute approximate surface area is 218 Å². The van der Waals surface area contributed by atoms with E-state index in [-0.39, 0.29) is 0 Å². The Kier molecular flexibility index (Phi) is 7.82. The van der Waals surface area contributed by atoms with Crippen molar-refractivity contribution < 1.29 is 28.5 Å². The zero-order valence-electron chi connectivity index (χ0n) is 22.8. The van der Waals surface area contributed by atoms with Crippen LogP contribution in [0.1, 0.15) is 45.6 Å². The number of methoxy groups -OCH3 is 4. The molecule has 1 saturated carbocycles. The molecule has 0 saturated heterocycles. The minimum absolute atomic E-state index is 0.339. The molecule has 3 aromatic rings. The highest BCUT2D eigenvalue weighted by Gasteiger charge is 2.33. The number of anilines is 1. The van der Waals surface area contributed by atoms with Crippen molar-refractivity contribution in [2.75, 3.05) is 39.9 Å². The molecule has 2 aromatic heterocycles.